The number of hydrogen-bond acceptors (Lipinski definition) is 5. The highest BCUT2D eigenvalue weighted by Crippen LogP contribution is 2.37. The Balaban J connectivity index is 1.93. The summed E-state index contributed by atoms with van der Waals surface area (Å²) in [6.07, 6.45) is 0.927. The number of aryl methyl sites for hydroxylation is 2. The molecule has 0 fully saturated rings. The van der Waals surface area contributed by atoms with Gasteiger partial charge < -0.3 is 14.4 Å². The maximum absolute atomic E-state index is 13.5. The van der Waals surface area contributed by atoms with Crippen LogP contribution in [-0.4, -0.2) is 55.2 Å². The van der Waals surface area contributed by atoms with Gasteiger partial charge in [-0.2, -0.15) is 5.10 Å². The smallest absolute Gasteiger partial charge is 0.262 e. The van der Waals surface area contributed by atoms with Crippen molar-refractivity contribution in [3.63, 3.8) is 0 Å². The molecule has 0 N–H and O–H groups in total. The fourth-order valence-corrected chi connectivity index (χ4v) is 4.11. The molecular weight excluding hydrogens is 442 g/mol. The molecule has 3 rings (SSSR count). The van der Waals surface area contributed by atoms with Crippen LogP contribution < -0.4 is 9.47 Å². The molecular formula is C28H37N3O4. The predicted octanol–water partition coefficient (Wildman–Crippen LogP) is 4.89. The van der Waals surface area contributed by atoms with Crippen LogP contribution in [0.2, 0.25) is 0 Å². The summed E-state index contributed by atoms with van der Waals surface area (Å²) in [6.45, 7) is 10.1. The second-order valence-corrected chi connectivity index (χ2v) is 10.4. The first kappa shape index (κ1) is 26.3. The summed E-state index contributed by atoms with van der Waals surface area (Å²) < 4.78 is 10.9. The van der Waals surface area contributed by atoms with Gasteiger partial charge in [0.05, 0.1) is 26.0 Å². The van der Waals surface area contributed by atoms with Crippen molar-refractivity contribution in [2.75, 3.05) is 27.8 Å². The lowest BCUT2D eigenvalue weighted by Gasteiger charge is -2.27. The Bertz CT molecular complexity index is 1130. The number of nitrogens with zero attached hydrogens (tertiary/aromatic N) is 3. The topological polar surface area (TPSA) is 71.4 Å². The van der Waals surface area contributed by atoms with E-state index in [-0.39, 0.29) is 29.8 Å². The van der Waals surface area contributed by atoms with Crippen LogP contribution in [0.5, 0.6) is 11.5 Å². The van der Waals surface area contributed by atoms with Crippen LogP contribution >= 0.6 is 0 Å². The molecule has 2 aromatic carbocycles. The second kappa shape index (κ2) is 10.5. The molecule has 188 valence electrons. The van der Waals surface area contributed by atoms with Gasteiger partial charge >= 0.3 is 0 Å². The number of carbonyl (C=O) groups excluding carboxylic acids is 2. The molecule has 2 aromatic rings. The van der Waals surface area contributed by atoms with E-state index in [1.807, 2.05) is 45.0 Å². The van der Waals surface area contributed by atoms with E-state index in [4.69, 9.17) is 14.6 Å². The van der Waals surface area contributed by atoms with Crippen LogP contribution in [0.4, 0.5) is 0 Å². The number of amides is 2. The number of rotatable bonds is 7. The molecule has 7 nitrogen and oxygen atoms in total. The Morgan fingerprint density at radius 1 is 1.03 bits per heavy atom. The SMILES string of the molecule is COc1ccc([C@@H]2CC(c3ccc(C)c(C)c3)=NN2C(=O)CN(C)C(=O)CC(C)(C)C)cc1OC. The summed E-state index contributed by atoms with van der Waals surface area (Å²) in [5.41, 5.74) is 4.94. The fraction of sp³-hybridized carbons (Fsp3) is 0.464. The molecule has 0 saturated carbocycles. The maximum Gasteiger partial charge on any atom is 0.262 e. The Morgan fingerprint density at radius 3 is 2.31 bits per heavy atom. The Morgan fingerprint density at radius 2 is 1.71 bits per heavy atom. The van der Waals surface area contributed by atoms with Gasteiger partial charge in [0.1, 0.15) is 6.54 Å². The molecule has 0 saturated heterocycles. The van der Waals surface area contributed by atoms with Gasteiger partial charge in [-0.15, -0.1) is 0 Å². The first-order valence-electron chi connectivity index (χ1n) is 11.9. The Hall–Kier alpha value is -3.35. The highest BCUT2D eigenvalue weighted by molar-refractivity contribution is 6.03. The molecule has 0 spiro atoms. The molecule has 2 amide bonds. The molecule has 1 aliphatic rings. The minimum absolute atomic E-state index is 0.0393. The standard InChI is InChI=1S/C28H37N3O4/c1-18-9-10-20(13-19(18)2)22-15-23(21-11-12-24(34-7)25(14-21)35-8)31(29-22)27(33)17-30(6)26(32)16-28(3,4)5/h9-14,23H,15-17H2,1-8H3/t23-/m0/s1. The van der Waals surface area contributed by atoms with Crippen LogP contribution in [0.3, 0.4) is 0 Å². The first-order chi connectivity index (χ1) is 16.4. The molecule has 0 bridgehead atoms. The van der Waals surface area contributed by atoms with E-state index in [0.717, 1.165) is 16.8 Å². The third kappa shape index (κ3) is 6.21. The van der Waals surface area contributed by atoms with Crippen molar-refractivity contribution >= 4 is 17.5 Å². The van der Waals surface area contributed by atoms with E-state index in [0.29, 0.717) is 24.3 Å². The molecule has 7 heteroatoms. The summed E-state index contributed by atoms with van der Waals surface area (Å²) in [5.74, 6) is 0.920. The number of ether oxygens (including phenoxy) is 2. The van der Waals surface area contributed by atoms with E-state index in [1.54, 1.807) is 21.3 Å². The van der Waals surface area contributed by atoms with Crippen LogP contribution in [0.15, 0.2) is 41.5 Å². The fourth-order valence-electron chi connectivity index (χ4n) is 4.11. The first-order valence-corrected chi connectivity index (χ1v) is 11.9. The average molecular weight is 480 g/mol. The van der Waals surface area contributed by atoms with Crippen LogP contribution in [0.25, 0.3) is 0 Å². The highest BCUT2D eigenvalue weighted by atomic mass is 16.5. The summed E-state index contributed by atoms with van der Waals surface area (Å²) in [4.78, 5) is 27.6. The largest absolute Gasteiger partial charge is 0.493 e. The second-order valence-electron chi connectivity index (χ2n) is 10.4. The van der Waals surface area contributed by atoms with E-state index in [9.17, 15) is 9.59 Å². The average Bonchev–Trinajstić information content (AvgIpc) is 3.25. The molecule has 0 aliphatic carbocycles. The Kier molecular flexibility index (Phi) is 7.88. The molecule has 1 atom stereocenters. The van der Waals surface area contributed by atoms with Crippen molar-refractivity contribution in [1.29, 1.82) is 0 Å². The van der Waals surface area contributed by atoms with Gasteiger partial charge in [-0.05, 0) is 59.7 Å². The molecule has 1 aliphatic heterocycles. The van der Waals surface area contributed by atoms with Gasteiger partial charge in [0.15, 0.2) is 11.5 Å². The predicted molar refractivity (Wildman–Crippen MR) is 138 cm³/mol. The molecule has 1 heterocycles. The maximum atomic E-state index is 13.5. The lowest BCUT2D eigenvalue weighted by atomic mass is 9.92. The van der Waals surface area contributed by atoms with Gasteiger partial charge in [-0.25, -0.2) is 5.01 Å². The lowest BCUT2D eigenvalue weighted by molar-refractivity contribution is -0.141. The zero-order valence-corrected chi connectivity index (χ0v) is 22.1. The summed E-state index contributed by atoms with van der Waals surface area (Å²) in [6, 6.07) is 11.6. The number of hydrazone groups is 1. The number of benzene rings is 2. The van der Waals surface area contributed by atoms with Crippen molar-refractivity contribution in [1.82, 2.24) is 9.91 Å². The number of likely N-dealkylation sites (N-methyl/N-ethyl adjacent to an activating group) is 1. The quantitative estimate of drug-likeness (QED) is 0.567. The zero-order chi connectivity index (χ0) is 25.9. The summed E-state index contributed by atoms with van der Waals surface area (Å²) >= 11 is 0. The van der Waals surface area contributed by atoms with Crippen molar-refractivity contribution < 1.29 is 19.1 Å². The lowest BCUT2D eigenvalue weighted by Crippen LogP contribution is -2.40. The minimum atomic E-state index is -0.315. The Labute approximate surface area is 208 Å². The van der Waals surface area contributed by atoms with E-state index < -0.39 is 0 Å². The van der Waals surface area contributed by atoms with Gasteiger partial charge in [0.25, 0.3) is 5.91 Å². The number of hydrogen-bond donors (Lipinski definition) is 0. The van der Waals surface area contributed by atoms with Gasteiger partial charge in [0.2, 0.25) is 5.91 Å². The van der Waals surface area contributed by atoms with Crippen LogP contribution in [-0.2, 0) is 9.59 Å². The van der Waals surface area contributed by atoms with E-state index in [2.05, 4.69) is 26.0 Å². The monoisotopic (exact) mass is 479 g/mol. The third-order valence-corrected chi connectivity index (χ3v) is 6.28. The highest BCUT2D eigenvalue weighted by Gasteiger charge is 2.34. The van der Waals surface area contributed by atoms with Crippen molar-refractivity contribution in [2.45, 2.75) is 53.5 Å². The van der Waals surface area contributed by atoms with Crippen molar-refractivity contribution in [3.8, 4) is 11.5 Å². The normalized spacial score (nSPS) is 15.6. The number of carbonyl (C=O) groups is 2. The molecule has 0 aromatic heterocycles. The van der Waals surface area contributed by atoms with Gasteiger partial charge in [0, 0.05) is 19.9 Å². The van der Waals surface area contributed by atoms with Crippen LogP contribution in [0.1, 0.15) is 61.9 Å². The minimum Gasteiger partial charge on any atom is -0.493 e. The number of methoxy groups -OCH3 is 2. The molecule has 0 radical (unpaired) electrons. The molecule has 35 heavy (non-hydrogen) atoms. The molecule has 0 unspecified atom stereocenters. The van der Waals surface area contributed by atoms with E-state index in [1.165, 1.54) is 21.0 Å². The van der Waals surface area contributed by atoms with E-state index >= 15 is 0 Å². The van der Waals surface area contributed by atoms with Crippen molar-refractivity contribution in [3.05, 3.63) is 58.7 Å². The summed E-state index contributed by atoms with van der Waals surface area (Å²) in [5, 5.41) is 6.28. The van der Waals surface area contributed by atoms with Crippen molar-refractivity contribution in [2.24, 2.45) is 10.5 Å². The summed E-state index contributed by atoms with van der Waals surface area (Å²) in [7, 11) is 4.85. The third-order valence-electron chi connectivity index (χ3n) is 6.28. The van der Waals surface area contributed by atoms with Gasteiger partial charge in [-0.3, -0.25) is 9.59 Å². The van der Waals surface area contributed by atoms with Crippen LogP contribution in [0, 0.1) is 19.3 Å². The zero-order valence-electron chi connectivity index (χ0n) is 22.1. The van der Waals surface area contributed by atoms with Gasteiger partial charge in [-0.1, -0.05) is 39.0 Å².